The fourth-order valence-electron chi connectivity index (χ4n) is 1.67. The van der Waals surface area contributed by atoms with E-state index < -0.39 is 11.7 Å². The maximum atomic E-state index is 12.8. The van der Waals surface area contributed by atoms with Crippen LogP contribution in [0.4, 0.5) is 4.39 Å². The predicted molar refractivity (Wildman–Crippen MR) is 82.2 cm³/mol. The number of hydrogen-bond donors (Lipinski definition) is 1. The van der Waals surface area contributed by atoms with Gasteiger partial charge in [-0.2, -0.15) is 0 Å². The first kappa shape index (κ1) is 15.7. The molecular formula is C15H10BrClFNO2. The molecule has 0 aliphatic heterocycles. The Morgan fingerprint density at radius 1 is 1.14 bits per heavy atom. The molecule has 2 rings (SSSR count). The quantitative estimate of drug-likeness (QED) is 0.831. The number of halogens is 3. The van der Waals surface area contributed by atoms with Crippen molar-refractivity contribution in [1.29, 1.82) is 0 Å². The predicted octanol–water partition coefficient (Wildman–Crippen LogP) is 3.85. The third-order valence-corrected chi connectivity index (χ3v) is 3.57. The van der Waals surface area contributed by atoms with Gasteiger partial charge >= 0.3 is 0 Å². The Bertz CT molecular complexity index is 689. The SMILES string of the molecule is O=C(CNC(=O)c1cc(Br)ccc1Cl)c1ccc(F)cc1. The fourth-order valence-corrected chi connectivity index (χ4v) is 2.23. The van der Waals surface area contributed by atoms with Gasteiger partial charge in [0, 0.05) is 10.0 Å². The van der Waals surface area contributed by atoms with Gasteiger partial charge in [0.2, 0.25) is 0 Å². The van der Waals surface area contributed by atoms with Gasteiger partial charge < -0.3 is 5.32 Å². The van der Waals surface area contributed by atoms with E-state index in [1.54, 1.807) is 18.2 Å². The lowest BCUT2D eigenvalue weighted by molar-refractivity contribution is 0.0904. The minimum absolute atomic E-state index is 0.187. The average molecular weight is 371 g/mol. The number of nitrogens with one attached hydrogen (secondary N) is 1. The molecule has 0 bridgehead atoms. The van der Waals surface area contributed by atoms with Crippen LogP contribution in [0.3, 0.4) is 0 Å². The molecule has 0 fully saturated rings. The van der Waals surface area contributed by atoms with Crippen LogP contribution in [0.15, 0.2) is 46.9 Å². The van der Waals surface area contributed by atoms with Crippen molar-refractivity contribution in [3.8, 4) is 0 Å². The number of hydrogen-bond acceptors (Lipinski definition) is 2. The Morgan fingerprint density at radius 2 is 1.81 bits per heavy atom. The van der Waals surface area contributed by atoms with E-state index >= 15 is 0 Å². The van der Waals surface area contributed by atoms with Crippen LogP contribution < -0.4 is 5.32 Å². The number of rotatable bonds is 4. The number of Topliss-reactive ketones (excluding diaryl/α,β-unsaturated/α-hetero) is 1. The maximum absolute atomic E-state index is 12.8. The molecule has 0 aliphatic carbocycles. The monoisotopic (exact) mass is 369 g/mol. The van der Waals surface area contributed by atoms with Crippen LogP contribution in [0.2, 0.25) is 5.02 Å². The summed E-state index contributed by atoms with van der Waals surface area (Å²) in [4.78, 5) is 23.8. The highest BCUT2D eigenvalue weighted by atomic mass is 79.9. The van der Waals surface area contributed by atoms with Gasteiger partial charge in [-0.25, -0.2) is 4.39 Å². The molecule has 0 saturated carbocycles. The van der Waals surface area contributed by atoms with Gasteiger partial charge in [-0.3, -0.25) is 9.59 Å². The van der Waals surface area contributed by atoms with Crippen LogP contribution in [0, 0.1) is 5.82 Å². The number of carbonyl (C=O) groups is 2. The first-order valence-electron chi connectivity index (χ1n) is 5.99. The zero-order valence-corrected chi connectivity index (χ0v) is 13.0. The Hall–Kier alpha value is -1.72. The highest BCUT2D eigenvalue weighted by Gasteiger charge is 2.13. The van der Waals surface area contributed by atoms with E-state index in [1.807, 2.05) is 0 Å². The van der Waals surface area contributed by atoms with E-state index in [4.69, 9.17) is 11.6 Å². The third-order valence-electron chi connectivity index (χ3n) is 2.75. The second-order valence-electron chi connectivity index (χ2n) is 4.24. The van der Waals surface area contributed by atoms with Crippen LogP contribution in [0.25, 0.3) is 0 Å². The lowest BCUT2D eigenvalue weighted by Crippen LogP contribution is -2.29. The number of amides is 1. The fraction of sp³-hybridized carbons (Fsp3) is 0.0667. The molecule has 2 aromatic rings. The minimum Gasteiger partial charge on any atom is -0.345 e. The van der Waals surface area contributed by atoms with Gasteiger partial charge in [-0.05, 0) is 42.5 Å². The Kier molecular flexibility index (Phi) is 5.09. The molecule has 0 heterocycles. The van der Waals surface area contributed by atoms with Crippen molar-refractivity contribution in [2.75, 3.05) is 6.54 Å². The summed E-state index contributed by atoms with van der Waals surface area (Å²) >= 11 is 9.18. The molecule has 1 N–H and O–H groups in total. The van der Waals surface area contributed by atoms with Gasteiger partial charge in [0.05, 0.1) is 17.1 Å². The lowest BCUT2D eigenvalue weighted by atomic mass is 10.1. The molecule has 0 saturated heterocycles. The van der Waals surface area contributed by atoms with Crippen LogP contribution >= 0.6 is 27.5 Å². The first-order valence-corrected chi connectivity index (χ1v) is 7.16. The van der Waals surface area contributed by atoms with Crippen LogP contribution in [0.5, 0.6) is 0 Å². The highest BCUT2D eigenvalue weighted by Crippen LogP contribution is 2.20. The largest absolute Gasteiger partial charge is 0.345 e. The lowest BCUT2D eigenvalue weighted by Gasteiger charge is -2.07. The van der Waals surface area contributed by atoms with Crippen molar-refractivity contribution in [3.63, 3.8) is 0 Å². The van der Waals surface area contributed by atoms with E-state index in [2.05, 4.69) is 21.2 Å². The minimum atomic E-state index is -0.447. The molecule has 0 atom stereocenters. The van der Waals surface area contributed by atoms with Crippen molar-refractivity contribution in [1.82, 2.24) is 5.32 Å². The Balaban J connectivity index is 2.02. The molecule has 0 spiro atoms. The van der Waals surface area contributed by atoms with Crippen LogP contribution in [-0.2, 0) is 0 Å². The van der Waals surface area contributed by atoms with Crippen molar-refractivity contribution < 1.29 is 14.0 Å². The van der Waals surface area contributed by atoms with Crippen LogP contribution in [0.1, 0.15) is 20.7 Å². The zero-order valence-electron chi connectivity index (χ0n) is 10.7. The Morgan fingerprint density at radius 3 is 2.48 bits per heavy atom. The highest BCUT2D eigenvalue weighted by molar-refractivity contribution is 9.10. The van der Waals surface area contributed by atoms with Gasteiger partial charge in [0.25, 0.3) is 5.91 Å². The van der Waals surface area contributed by atoms with E-state index in [-0.39, 0.29) is 17.9 Å². The normalized spacial score (nSPS) is 10.2. The summed E-state index contributed by atoms with van der Waals surface area (Å²) in [6, 6.07) is 10.00. The van der Waals surface area contributed by atoms with Gasteiger partial charge in [-0.15, -0.1) is 0 Å². The summed E-state index contributed by atoms with van der Waals surface area (Å²) in [5, 5.41) is 2.79. The number of ketones is 1. The van der Waals surface area contributed by atoms with E-state index in [0.717, 1.165) is 0 Å². The molecule has 6 heteroatoms. The number of carbonyl (C=O) groups excluding carboxylic acids is 2. The standard InChI is InChI=1S/C15H10BrClFNO2/c16-10-3-6-13(17)12(7-10)15(21)19-8-14(20)9-1-4-11(18)5-2-9/h1-7H,8H2,(H,19,21). The molecular weight excluding hydrogens is 361 g/mol. The maximum Gasteiger partial charge on any atom is 0.253 e. The van der Waals surface area contributed by atoms with Crippen molar-refractivity contribution in [2.45, 2.75) is 0 Å². The second kappa shape index (κ2) is 6.83. The molecule has 21 heavy (non-hydrogen) atoms. The summed E-state index contributed by atoms with van der Waals surface area (Å²) in [7, 11) is 0. The Labute approximate surface area is 134 Å². The summed E-state index contributed by atoms with van der Waals surface area (Å²) < 4.78 is 13.5. The molecule has 0 radical (unpaired) electrons. The topological polar surface area (TPSA) is 46.2 Å². The molecule has 0 aromatic heterocycles. The van der Waals surface area contributed by atoms with Crippen LogP contribution in [-0.4, -0.2) is 18.2 Å². The molecule has 0 unspecified atom stereocenters. The van der Waals surface area contributed by atoms with Crippen molar-refractivity contribution in [2.24, 2.45) is 0 Å². The van der Waals surface area contributed by atoms with E-state index in [9.17, 15) is 14.0 Å². The van der Waals surface area contributed by atoms with Gasteiger partial charge in [0.1, 0.15) is 5.82 Å². The van der Waals surface area contributed by atoms with Gasteiger partial charge in [-0.1, -0.05) is 27.5 Å². The summed E-state index contributed by atoms with van der Waals surface area (Å²) in [6.45, 7) is -0.187. The van der Waals surface area contributed by atoms with Gasteiger partial charge in [0.15, 0.2) is 5.78 Å². The third kappa shape index (κ3) is 4.12. The van der Waals surface area contributed by atoms with E-state index in [1.165, 1.54) is 24.3 Å². The molecule has 3 nitrogen and oxygen atoms in total. The molecule has 2 aromatic carbocycles. The average Bonchev–Trinajstić information content (AvgIpc) is 2.47. The second-order valence-corrected chi connectivity index (χ2v) is 5.56. The summed E-state index contributed by atoms with van der Waals surface area (Å²) in [5.41, 5.74) is 0.606. The van der Waals surface area contributed by atoms with Crippen molar-refractivity contribution in [3.05, 3.63) is 68.9 Å². The molecule has 1 amide bonds. The first-order chi connectivity index (χ1) is 9.97. The zero-order chi connectivity index (χ0) is 15.4. The smallest absolute Gasteiger partial charge is 0.253 e. The number of benzene rings is 2. The molecule has 108 valence electrons. The summed E-state index contributed by atoms with van der Waals surface area (Å²) in [6.07, 6.45) is 0. The summed E-state index contributed by atoms with van der Waals surface area (Å²) in [5.74, 6) is -1.18. The molecule has 0 aliphatic rings. The van der Waals surface area contributed by atoms with E-state index in [0.29, 0.717) is 15.1 Å². The van der Waals surface area contributed by atoms with Crippen molar-refractivity contribution >= 4 is 39.2 Å².